The van der Waals surface area contributed by atoms with Crippen molar-refractivity contribution in [2.24, 2.45) is 0 Å². The molecule has 0 aromatic carbocycles. The summed E-state index contributed by atoms with van der Waals surface area (Å²) in [6.45, 7) is 0. The molecule has 0 aliphatic rings. The van der Waals surface area contributed by atoms with Gasteiger partial charge < -0.3 is 5.11 Å². The van der Waals surface area contributed by atoms with E-state index >= 15 is 0 Å². The molecule has 0 fully saturated rings. The van der Waals surface area contributed by atoms with E-state index in [2.05, 4.69) is 4.98 Å². The second-order valence-electron chi connectivity index (χ2n) is 2.54. The van der Waals surface area contributed by atoms with Crippen LogP contribution < -0.4 is 0 Å². The van der Waals surface area contributed by atoms with Gasteiger partial charge in [-0.25, -0.2) is 8.78 Å². The molecule has 0 unspecified atom stereocenters. The zero-order chi connectivity index (χ0) is 10.7. The first-order valence-electron chi connectivity index (χ1n) is 3.66. The van der Waals surface area contributed by atoms with Crippen molar-refractivity contribution in [1.29, 1.82) is 0 Å². The maximum atomic E-state index is 12.3. The van der Waals surface area contributed by atoms with Crippen molar-refractivity contribution < 1.29 is 18.7 Å². The lowest BCUT2D eigenvalue weighted by Crippen LogP contribution is -2.05. The van der Waals surface area contributed by atoms with Crippen LogP contribution >= 0.6 is 22.6 Å². The summed E-state index contributed by atoms with van der Waals surface area (Å²) in [4.78, 5) is 13.9. The number of hydrogen-bond acceptors (Lipinski definition) is 2. The Morgan fingerprint density at radius 1 is 1.57 bits per heavy atom. The minimum absolute atomic E-state index is 0.146. The molecule has 0 bridgehead atoms. The van der Waals surface area contributed by atoms with Crippen molar-refractivity contribution in [3.63, 3.8) is 0 Å². The first-order valence-corrected chi connectivity index (χ1v) is 4.74. The Bertz CT molecular complexity index is 357. The zero-order valence-electron chi connectivity index (χ0n) is 6.88. The molecule has 0 amide bonds. The van der Waals surface area contributed by atoms with E-state index in [1.165, 1.54) is 12.1 Å². The molecule has 0 spiro atoms. The second kappa shape index (κ2) is 4.63. The Morgan fingerprint density at radius 2 is 2.21 bits per heavy atom. The summed E-state index contributed by atoms with van der Waals surface area (Å²) in [7, 11) is 0. The number of carbonyl (C=O) groups is 1. The van der Waals surface area contributed by atoms with Crippen molar-refractivity contribution in [3.05, 3.63) is 27.1 Å². The summed E-state index contributed by atoms with van der Waals surface area (Å²) in [6, 6.07) is 2.87. The Balaban J connectivity index is 3.00. The number of halogens is 3. The highest BCUT2D eigenvalue weighted by molar-refractivity contribution is 14.1. The normalized spacial score (nSPS) is 10.6. The van der Waals surface area contributed by atoms with Gasteiger partial charge in [-0.15, -0.1) is 0 Å². The Morgan fingerprint density at radius 3 is 2.71 bits per heavy atom. The van der Waals surface area contributed by atoms with Crippen LogP contribution in [0.15, 0.2) is 12.1 Å². The molecule has 0 aliphatic carbocycles. The quantitative estimate of drug-likeness (QED) is 0.871. The third-order valence-corrected chi connectivity index (χ3v) is 2.38. The SMILES string of the molecule is O=C(O)Cc1ccc(I)c(C(F)F)n1. The van der Waals surface area contributed by atoms with Gasteiger partial charge in [0.1, 0.15) is 5.69 Å². The van der Waals surface area contributed by atoms with Gasteiger partial charge in [-0.1, -0.05) is 0 Å². The topological polar surface area (TPSA) is 50.2 Å². The highest BCUT2D eigenvalue weighted by Gasteiger charge is 2.14. The molecule has 14 heavy (non-hydrogen) atoms. The molecule has 0 saturated carbocycles. The van der Waals surface area contributed by atoms with Crippen LogP contribution in [0.25, 0.3) is 0 Å². The summed E-state index contributed by atoms with van der Waals surface area (Å²) in [6.07, 6.45) is -3.01. The van der Waals surface area contributed by atoms with Gasteiger partial charge in [-0.05, 0) is 34.7 Å². The van der Waals surface area contributed by atoms with Crippen LogP contribution in [0.4, 0.5) is 8.78 Å². The van der Waals surface area contributed by atoms with E-state index < -0.39 is 12.4 Å². The molecule has 0 saturated heterocycles. The van der Waals surface area contributed by atoms with E-state index in [0.29, 0.717) is 3.57 Å². The maximum Gasteiger partial charge on any atom is 0.309 e. The van der Waals surface area contributed by atoms with E-state index in [1.807, 2.05) is 0 Å². The van der Waals surface area contributed by atoms with Gasteiger partial charge in [0.2, 0.25) is 0 Å². The Kier molecular flexibility index (Phi) is 3.73. The van der Waals surface area contributed by atoms with Crippen LogP contribution in [-0.2, 0) is 11.2 Å². The minimum atomic E-state index is -2.67. The summed E-state index contributed by atoms with van der Waals surface area (Å²) >= 11 is 1.74. The number of aromatic nitrogens is 1. The third kappa shape index (κ3) is 2.86. The smallest absolute Gasteiger partial charge is 0.309 e. The fourth-order valence-corrected chi connectivity index (χ4v) is 1.44. The van der Waals surface area contributed by atoms with Crippen molar-refractivity contribution in [1.82, 2.24) is 4.98 Å². The highest BCUT2D eigenvalue weighted by atomic mass is 127. The molecule has 6 heteroatoms. The first-order chi connectivity index (χ1) is 6.50. The monoisotopic (exact) mass is 313 g/mol. The molecule has 76 valence electrons. The van der Waals surface area contributed by atoms with E-state index in [-0.39, 0.29) is 17.8 Å². The van der Waals surface area contributed by atoms with Gasteiger partial charge in [0.05, 0.1) is 12.1 Å². The van der Waals surface area contributed by atoms with Crippen molar-refractivity contribution in [3.8, 4) is 0 Å². The van der Waals surface area contributed by atoms with Crippen LogP contribution in [0.1, 0.15) is 17.8 Å². The molecule has 1 aromatic heterocycles. The fourth-order valence-electron chi connectivity index (χ4n) is 0.907. The largest absolute Gasteiger partial charge is 0.481 e. The van der Waals surface area contributed by atoms with E-state index in [4.69, 9.17) is 5.11 Å². The standard InChI is InChI=1S/C8H6F2INO2/c9-8(10)7-5(11)2-1-4(12-7)3-6(13)14/h1-2,8H,3H2,(H,13,14). The van der Waals surface area contributed by atoms with Gasteiger partial charge in [-0.3, -0.25) is 9.78 Å². The van der Waals surface area contributed by atoms with E-state index in [0.717, 1.165) is 0 Å². The number of carboxylic acids is 1. The highest BCUT2D eigenvalue weighted by Crippen LogP contribution is 2.22. The van der Waals surface area contributed by atoms with Gasteiger partial charge in [0.25, 0.3) is 6.43 Å². The summed E-state index contributed by atoms with van der Waals surface area (Å²) in [5.41, 5.74) is -0.211. The number of pyridine rings is 1. The molecule has 0 atom stereocenters. The van der Waals surface area contributed by atoms with E-state index in [1.54, 1.807) is 22.6 Å². The maximum absolute atomic E-state index is 12.3. The lowest BCUT2D eigenvalue weighted by molar-refractivity contribution is -0.136. The van der Waals surface area contributed by atoms with Crippen LogP contribution in [-0.4, -0.2) is 16.1 Å². The molecule has 3 nitrogen and oxygen atoms in total. The summed E-state index contributed by atoms with van der Waals surface area (Å²) in [5.74, 6) is -1.08. The molecule has 0 aliphatic heterocycles. The Hall–Kier alpha value is -0.790. The number of aliphatic carboxylic acids is 1. The van der Waals surface area contributed by atoms with Crippen LogP contribution in [0, 0.1) is 3.57 Å². The van der Waals surface area contributed by atoms with Crippen LogP contribution in [0.5, 0.6) is 0 Å². The summed E-state index contributed by atoms with van der Waals surface area (Å²) < 4.78 is 25.0. The van der Waals surface area contributed by atoms with Crippen LogP contribution in [0.2, 0.25) is 0 Å². The Labute approximate surface area is 92.3 Å². The van der Waals surface area contributed by atoms with Crippen molar-refractivity contribution in [2.45, 2.75) is 12.8 Å². The molecular formula is C8H6F2INO2. The zero-order valence-corrected chi connectivity index (χ0v) is 9.03. The molecule has 1 heterocycles. The predicted octanol–water partition coefficient (Wildman–Crippen LogP) is 2.25. The van der Waals surface area contributed by atoms with Crippen molar-refractivity contribution in [2.75, 3.05) is 0 Å². The number of rotatable bonds is 3. The molecule has 1 rings (SSSR count). The molecule has 1 N–H and O–H groups in total. The summed E-state index contributed by atoms with van der Waals surface area (Å²) in [5, 5.41) is 8.44. The number of carboxylic acid groups (broad SMARTS) is 1. The number of alkyl halides is 2. The lowest BCUT2D eigenvalue weighted by Gasteiger charge is -2.04. The second-order valence-corrected chi connectivity index (χ2v) is 3.70. The molecular weight excluding hydrogens is 307 g/mol. The van der Waals surface area contributed by atoms with Gasteiger partial charge in [0.15, 0.2) is 0 Å². The van der Waals surface area contributed by atoms with Crippen LogP contribution in [0.3, 0.4) is 0 Å². The third-order valence-electron chi connectivity index (χ3n) is 1.47. The fraction of sp³-hybridized carbons (Fsp3) is 0.250. The van der Waals surface area contributed by atoms with Gasteiger partial charge in [-0.2, -0.15) is 0 Å². The van der Waals surface area contributed by atoms with Gasteiger partial charge >= 0.3 is 5.97 Å². The minimum Gasteiger partial charge on any atom is -0.481 e. The molecule has 0 radical (unpaired) electrons. The number of nitrogens with zero attached hydrogens (tertiary/aromatic N) is 1. The predicted molar refractivity (Wildman–Crippen MR) is 53.3 cm³/mol. The first kappa shape index (κ1) is 11.3. The molecule has 1 aromatic rings. The van der Waals surface area contributed by atoms with E-state index in [9.17, 15) is 13.6 Å². The van der Waals surface area contributed by atoms with Crippen molar-refractivity contribution >= 4 is 28.6 Å². The number of hydrogen-bond donors (Lipinski definition) is 1. The average molecular weight is 313 g/mol. The lowest BCUT2D eigenvalue weighted by atomic mass is 10.2. The average Bonchev–Trinajstić information content (AvgIpc) is 2.07. The van der Waals surface area contributed by atoms with Gasteiger partial charge in [0, 0.05) is 3.57 Å².